The molecule has 200 valence electrons. The Morgan fingerprint density at radius 2 is 1.73 bits per heavy atom. The molecule has 2 aliphatic heterocycles. The maximum Gasteiger partial charge on any atom is 0.416 e. The van der Waals surface area contributed by atoms with E-state index in [1.807, 2.05) is 17.0 Å². The minimum Gasteiger partial charge on any atom is -0.495 e. The van der Waals surface area contributed by atoms with Gasteiger partial charge in [0.1, 0.15) is 5.75 Å². The molecule has 2 heterocycles. The predicted octanol–water partition coefficient (Wildman–Crippen LogP) is 5.78. The van der Waals surface area contributed by atoms with E-state index in [0.717, 1.165) is 50.3 Å². The lowest BCUT2D eigenvalue weighted by atomic mass is 9.80. The van der Waals surface area contributed by atoms with Crippen molar-refractivity contribution >= 4 is 17.2 Å². The van der Waals surface area contributed by atoms with Gasteiger partial charge in [-0.2, -0.15) is 13.2 Å². The fourth-order valence-corrected chi connectivity index (χ4v) is 6.31. The van der Waals surface area contributed by atoms with Crippen molar-refractivity contribution in [2.75, 3.05) is 43.5 Å². The molecule has 2 aromatic rings. The number of nitrogens with one attached hydrogen (secondary N) is 1. The van der Waals surface area contributed by atoms with Crippen molar-refractivity contribution in [3.05, 3.63) is 53.6 Å². The van der Waals surface area contributed by atoms with E-state index < -0.39 is 11.7 Å². The second-order valence-electron chi connectivity index (χ2n) is 10.5. The highest BCUT2D eigenvalue weighted by molar-refractivity contribution is 5.88. The fraction of sp³-hybridized carbons (Fsp3) is 0.552. The molecule has 1 saturated carbocycles. The van der Waals surface area contributed by atoms with Crippen LogP contribution in [0.2, 0.25) is 0 Å². The Balaban J connectivity index is 1.36. The number of fused-ring (bicyclic) bond motifs is 1. The molecule has 2 fully saturated rings. The smallest absolute Gasteiger partial charge is 0.416 e. The van der Waals surface area contributed by atoms with E-state index in [9.17, 15) is 18.0 Å². The number of methoxy groups -OCH3 is 1. The zero-order valence-corrected chi connectivity index (χ0v) is 21.4. The van der Waals surface area contributed by atoms with Crippen LogP contribution in [-0.2, 0) is 17.4 Å². The van der Waals surface area contributed by atoms with Gasteiger partial charge in [-0.15, -0.1) is 0 Å². The number of nitrogens with zero attached hydrogens (tertiary/aromatic N) is 2. The Bertz CT molecular complexity index is 1090. The van der Waals surface area contributed by atoms with Crippen LogP contribution in [0.3, 0.4) is 0 Å². The third-order valence-corrected chi connectivity index (χ3v) is 8.32. The van der Waals surface area contributed by atoms with Crippen molar-refractivity contribution in [3.8, 4) is 5.75 Å². The van der Waals surface area contributed by atoms with Crippen molar-refractivity contribution < 1.29 is 22.7 Å². The van der Waals surface area contributed by atoms with Crippen molar-refractivity contribution in [2.24, 2.45) is 5.92 Å². The molecule has 5 rings (SSSR count). The maximum absolute atomic E-state index is 14.0. The highest BCUT2D eigenvalue weighted by atomic mass is 19.4. The summed E-state index contributed by atoms with van der Waals surface area (Å²) in [4.78, 5) is 18.2. The van der Waals surface area contributed by atoms with Crippen LogP contribution in [-0.4, -0.2) is 56.1 Å². The number of ether oxygens (including phenoxy) is 1. The SMILES string of the molecule is COc1ccc(C(F)(F)F)cc1N1CCN(C(C(=O)C2CCCCC2)C2CCc3ccccc3N2)CC1. The van der Waals surface area contributed by atoms with Gasteiger partial charge in [-0.3, -0.25) is 9.69 Å². The number of benzene rings is 2. The van der Waals surface area contributed by atoms with Crippen LogP contribution in [0.4, 0.5) is 24.5 Å². The molecule has 2 aromatic carbocycles. The quantitative estimate of drug-likeness (QED) is 0.528. The summed E-state index contributed by atoms with van der Waals surface area (Å²) in [5, 5.41) is 3.68. The van der Waals surface area contributed by atoms with E-state index in [1.54, 1.807) is 0 Å². The molecule has 2 atom stereocenters. The van der Waals surface area contributed by atoms with E-state index in [1.165, 1.54) is 31.2 Å². The van der Waals surface area contributed by atoms with Crippen LogP contribution in [0.25, 0.3) is 0 Å². The molecule has 0 radical (unpaired) electrons. The lowest BCUT2D eigenvalue weighted by molar-refractivity contribution is -0.137. The van der Waals surface area contributed by atoms with E-state index in [0.29, 0.717) is 43.4 Å². The lowest BCUT2D eigenvalue weighted by Gasteiger charge is -2.45. The molecule has 37 heavy (non-hydrogen) atoms. The Hall–Kier alpha value is -2.74. The standard InChI is InChI=1S/C29H36F3N3O2/c1-37-26-14-12-22(29(30,31)32)19-25(26)34-15-17-35(18-16-34)27(28(36)21-8-3-2-4-9-21)24-13-11-20-7-5-6-10-23(20)33-24/h5-7,10,12,14,19,21,24,27,33H,2-4,8-9,11,13,15-18H2,1H3. The first kappa shape index (κ1) is 25.9. The predicted molar refractivity (Wildman–Crippen MR) is 139 cm³/mol. The van der Waals surface area contributed by atoms with Crippen molar-refractivity contribution in [1.82, 2.24) is 4.90 Å². The van der Waals surface area contributed by atoms with Gasteiger partial charge in [0.05, 0.1) is 24.4 Å². The molecule has 2 unspecified atom stereocenters. The van der Waals surface area contributed by atoms with Gasteiger partial charge in [-0.25, -0.2) is 0 Å². The lowest BCUT2D eigenvalue weighted by Crippen LogP contribution is -2.60. The van der Waals surface area contributed by atoms with Crippen LogP contribution < -0.4 is 15.0 Å². The number of hydrogen-bond acceptors (Lipinski definition) is 5. The molecule has 0 spiro atoms. The van der Waals surface area contributed by atoms with Crippen LogP contribution in [0.15, 0.2) is 42.5 Å². The Morgan fingerprint density at radius 3 is 2.43 bits per heavy atom. The minimum absolute atomic E-state index is 0.0268. The molecule has 5 nitrogen and oxygen atoms in total. The number of ketones is 1. The molecule has 1 N–H and O–H groups in total. The summed E-state index contributed by atoms with van der Waals surface area (Å²) in [5.41, 5.74) is 2.16. The number of halogens is 3. The molecule has 1 aliphatic carbocycles. The summed E-state index contributed by atoms with van der Waals surface area (Å²) < 4.78 is 45.6. The van der Waals surface area contributed by atoms with Crippen LogP contribution in [0, 0.1) is 5.92 Å². The number of Topliss-reactive ketones (excluding diaryl/α,β-unsaturated/α-hetero) is 1. The Kier molecular flexibility index (Phi) is 7.65. The van der Waals surface area contributed by atoms with Crippen LogP contribution in [0.5, 0.6) is 5.75 Å². The van der Waals surface area contributed by atoms with Crippen LogP contribution >= 0.6 is 0 Å². The van der Waals surface area contributed by atoms with Crippen molar-refractivity contribution in [3.63, 3.8) is 0 Å². The van der Waals surface area contributed by atoms with Gasteiger partial charge in [0, 0.05) is 43.8 Å². The summed E-state index contributed by atoms with van der Waals surface area (Å²) in [7, 11) is 1.48. The Labute approximate surface area is 217 Å². The first-order valence-electron chi connectivity index (χ1n) is 13.5. The van der Waals surface area contributed by atoms with Crippen LogP contribution in [0.1, 0.15) is 49.7 Å². The van der Waals surface area contributed by atoms with Crippen molar-refractivity contribution in [1.29, 1.82) is 0 Å². The van der Waals surface area contributed by atoms with E-state index >= 15 is 0 Å². The summed E-state index contributed by atoms with van der Waals surface area (Å²) in [6, 6.07) is 11.7. The minimum atomic E-state index is -4.41. The van der Waals surface area contributed by atoms with Crippen molar-refractivity contribution in [2.45, 2.75) is 63.2 Å². The topological polar surface area (TPSA) is 44.8 Å². The second-order valence-corrected chi connectivity index (χ2v) is 10.5. The van der Waals surface area contributed by atoms with Gasteiger partial charge in [0.25, 0.3) is 0 Å². The van der Waals surface area contributed by atoms with Gasteiger partial charge in [-0.05, 0) is 55.5 Å². The molecule has 0 aromatic heterocycles. The summed E-state index contributed by atoms with van der Waals surface area (Å²) in [6.45, 7) is 2.30. The summed E-state index contributed by atoms with van der Waals surface area (Å²) >= 11 is 0. The number of piperazine rings is 1. The van der Waals surface area contributed by atoms with Gasteiger partial charge < -0.3 is 15.0 Å². The monoisotopic (exact) mass is 515 g/mol. The molecule has 0 amide bonds. The maximum atomic E-state index is 14.0. The van der Waals surface area contributed by atoms with Gasteiger partial charge >= 0.3 is 6.18 Å². The summed E-state index contributed by atoms with van der Waals surface area (Å²) in [5.74, 6) is 0.864. The largest absolute Gasteiger partial charge is 0.495 e. The molecular formula is C29H36F3N3O2. The molecule has 1 saturated heterocycles. The fourth-order valence-electron chi connectivity index (χ4n) is 6.31. The van der Waals surface area contributed by atoms with E-state index in [4.69, 9.17) is 4.74 Å². The molecule has 3 aliphatic rings. The first-order valence-corrected chi connectivity index (χ1v) is 13.5. The van der Waals surface area contributed by atoms with E-state index in [2.05, 4.69) is 22.3 Å². The number of para-hydroxylation sites is 1. The third kappa shape index (κ3) is 5.59. The zero-order chi connectivity index (χ0) is 26.0. The summed E-state index contributed by atoms with van der Waals surface area (Å²) in [6.07, 6.45) is 2.73. The number of hydrogen-bond donors (Lipinski definition) is 1. The highest BCUT2D eigenvalue weighted by Gasteiger charge is 2.40. The highest BCUT2D eigenvalue weighted by Crippen LogP contribution is 2.38. The van der Waals surface area contributed by atoms with Gasteiger partial charge in [0.2, 0.25) is 0 Å². The first-order chi connectivity index (χ1) is 17.8. The Morgan fingerprint density at radius 1 is 1.00 bits per heavy atom. The zero-order valence-electron chi connectivity index (χ0n) is 21.4. The number of carbonyl (C=O) groups is 1. The normalized spacial score (nSPS) is 22.2. The number of anilines is 2. The number of aryl methyl sites for hydroxylation is 1. The second kappa shape index (κ2) is 10.9. The van der Waals surface area contributed by atoms with Gasteiger partial charge in [-0.1, -0.05) is 37.5 Å². The van der Waals surface area contributed by atoms with Gasteiger partial charge in [0.15, 0.2) is 5.78 Å². The van der Waals surface area contributed by atoms with E-state index in [-0.39, 0.29) is 18.0 Å². The number of carbonyl (C=O) groups excluding carboxylic acids is 1. The number of rotatable bonds is 6. The average Bonchev–Trinajstić information content (AvgIpc) is 2.93. The molecular weight excluding hydrogens is 479 g/mol. The average molecular weight is 516 g/mol. The third-order valence-electron chi connectivity index (χ3n) is 8.32. The molecule has 8 heteroatoms. The number of alkyl halides is 3. The molecule has 0 bridgehead atoms.